The SMILES string of the molecule is [CH2]C(C)c1cccc(C#N)c1F. The zero-order chi connectivity index (χ0) is 9.14. The molecule has 0 amide bonds. The van der Waals surface area contributed by atoms with E-state index in [2.05, 4.69) is 6.92 Å². The average Bonchev–Trinajstić information content (AvgIpc) is 2.04. The number of halogens is 1. The molecule has 12 heavy (non-hydrogen) atoms. The number of nitriles is 1. The van der Waals surface area contributed by atoms with Gasteiger partial charge in [-0.05, 0) is 24.5 Å². The molecule has 0 spiro atoms. The Balaban J connectivity index is 3.25. The van der Waals surface area contributed by atoms with Crippen molar-refractivity contribution in [2.45, 2.75) is 12.8 Å². The molecule has 1 aromatic rings. The molecule has 1 unspecified atom stereocenters. The van der Waals surface area contributed by atoms with Crippen LogP contribution < -0.4 is 0 Å². The van der Waals surface area contributed by atoms with Crippen LogP contribution in [0.2, 0.25) is 0 Å². The molecule has 61 valence electrons. The summed E-state index contributed by atoms with van der Waals surface area (Å²) in [5.41, 5.74) is 0.581. The first-order valence-electron chi connectivity index (χ1n) is 3.68. The molecule has 0 aliphatic heterocycles. The lowest BCUT2D eigenvalue weighted by Crippen LogP contribution is -1.95. The average molecular weight is 162 g/mol. The highest BCUT2D eigenvalue weighted by Gasteiger charge is 2.09. The largest absolute Gasteiger partial charge is 0.205 e. The van der Waals surface area contributed by atoms with E-state index in [9.17, 15) is 4.39 Å². The minimum absolute atomic E-state index is 0.0861. The summed E-state index contributed by atoms with van der Waals surface area (Å²) >= 11 is 0. The first kappa shape index (κ1) is 8.73. The van der Waals surface area contributed by atoms with Crippen LogP contribution in [0.3, 0.4) is 0 Å². The predicted molar refractivity (Wildman–Crippen MR) is 44.9 cm³/mol. The van der Waals surface area contributed by atoms with Crippen molar-refractivity contribution in [3.8, 4) is 6.07 Å². The maximum absolute atomic E-state index is 13.3. The summed E-state index contributed by atoms with van der Waals surface area (Å²) in [4.78, 5) is 0. The van der Waals surface area contributed by atoms with Crippen molar-refractivity contribution in [1.82, 2.24) is 0 Å². The van der Waals surface area contributed by atoms with Gasteiger partial charge in [-0.2, -0.15) is 5.26 Å². The first-order chi connectivity index (χ1) is 5.66. The van der Waals surface area contributed by atoms with E-state index in [1.165, 1.54) is 6.07 Å². The molecule has 0 aliphatic carbocycles. The van der Waals surface area contributed by atoms with Crippen LogP contribution in [0.1, 0.15) is 24.0 Å². The molecule has 1 nitrogen and oxygen atoms in total. The van der Waals surface area contributed by atoms with Gasteiger partial charge in [0.2, 0.25) is 0 Å². The summed E-state index contributed by atoms with van der Waals surface area (Å²) in [5.74, 6) is -0.569. The molecule has 0 N–H and O–H groups in total. The topological polar surface area (TPSA) is 23.8 Å². The molecular weight excluding hydrogens is 153 g/mol. The number of rotatable bonds is 1. The van der Waals surface area contributed by atoms with Crippen LogP contribution in [-0.4, -0.2) is 0 Å². The van der Waals surface area contributed by atoms with E-state index >= 15 is 0 Å². The summed E-state index contributed by atoms with van der Waals surface area (Å²) in [6, 6.07) is 6.56. The summed E-state index contributed by atoms with van der Waals surface area (Å²) in [5, 5.41) is 8.51. The summed E-state index contributed by atoms with van der Waals surface area (Å²) < 4.78 is 13.3. The fraction of sp³-hybridized carbons (Fsp3) is 0.200. The molecule has 2 heteroatoms. The Morgan fingerprint density at radius 2 is 2.25 bits per heavy atom. The van der Waals surface area contributed by atoms with Crippen molar-refractivity contribution >= 4 is 0 Å². The van der Waals surface area contributed by atoms with Crippen molar-refractivity contribution in [3.63, 3.8) is 0 Å². The molecule has 0 heterocycles. The Kier molecular flexibility index (Phi) is 2.44. The standard InChI is InChI=1S/C10H9FN/c1-7(2)9-5-3-4-8(6-12)10(9)11/h3-5,7H,1H2,2H3. The van der Waals surface area contributed by atoms with E-state index in [1.54, 1.807) is 25.1 Å². The van der Waals surface area contributed by atoms with E-state index in [4.69, 9.17) is 5.26 Å². The highest BCUT2D eigenvalue weighted by Crippen LogP contribution is 2.19. The van der Waals surface area contributed by atoms with Crippen LogP contribution in [0, 0.1) is 24.1 Å². The van der Waals surface area contributed by atoms with E-state index in [1.807, 2.05) is 0 Å². The zero-order valence-electron chi connectivity index (χ0n) is 6.84. The quantitative estimate of drug-likeness (QED) is 0.622. The van der Waals surface area contributed by atoms with Gasteiger partial charge in [-0.25, -0.2) is 4.39 Å². The zero-order valence-corrected chi connectivity index (χ0v) is 6.84. The molecule has 1 rings (SSSR count). The maximum Gasteiger partial charge on any atom is 0.144 e. The number of nitrogens with zero attached hydrogens (tertiary/aromatic N) is 1. The first-order valence-corrected chi connectivity index (χ1v) is 3.68. The molecule has 0 saturated heterocycles. The Hall–Kier alpha value is -1.36. The molecule has 0 aliphatic rings. The van der Waals surface area contributed by atoms with Gasteiger partial charge >= 0.3 is 0 Å². The molecule has 0 bridgehead atoms. The highest BCUT2D eigenvalue weighted by atomic mass is 19.1. The van der Waals surface area contributed by atoms with E-state index in [0.29, 0.717) is 5.56 Å². The van der Waals surface area contributed by atoms with Crippen LogP contribution in [0.4, 0.5) is 4.39 Å². The van der Waals surface area contributed by atoms with Gasteiger partial charge in [0, 0.05) is 0 Å². The minimum Gasteiger partial charge on any atom is -0.205 e. The second-order valence-corrected chi connectivity index (χ2v) is 2.72. The van der Waals surface area contributed by atoms with Crippen LogP contribution in [0.15, 0.2) is 18.2 Å². The summed E-state index contributed by atoms with van der Waals surface area (Å²) in [6.07, 6.45) is 0. The third-order valence-electron chi connectivity index (χ3n) is 1.68. The van der Waals surface area contributed by atoms with Crippen molar-refractivity contribution in [3.05, 3.63) is 42.1 Å². The normalized spacial score (nSPS) is 9.92. The lowest BCUT2D eigenvalue weighted by Gasteiger charge is -2.06. The third-order valence-corrected chi connectivity index (χ3v) is 1.68. The maximum atomic E-state index is 13.3. The fourth-order valence-electron chi connectivity index (χ4n) is 1.02. The molecule has 1 atom stereocenters. The number of hydrogen-bond acceptors (Lipinski definition) is 1. The molecular formula is C10H9FN. The Morgan fingerprint density at radius 1 is 1.58 bits per heavy atom. The van der Waals surface area contributed by atoms with Crippen LogP contribution in [0.5, 0.6) is 0 Å². The van der Waals surface area contributed by atoms with Gasteiger partial charge in [-0.15, -0.1) is 0 Å². The molecule has 1 aromatic carbocycles. The van der Waals surface area contributed by atoms with Crippen LogP contribution >= 0.6 is 0 Å². The summed E-state index contributed by atoms with van der Waals surface area (Å²) in [7, 11) is 0. The fourth-order valence-corrected chi connectivity index (χ4v) is 1.02. The van der Waals surface area contributed by atoms with Gasteiger partial charge in [0.25, 0.3) is 0 Å². The van der Waals surface area contributed by atoms with Gasteiger partial charge in [-0.1, -0.05) is 19.1 Å². The lowest BCUT2D eigenvalue weighted by atomic mass is 10.0. The number of benzene rings is 1. The Labute approximate surface area is 71.4 Å². The van der Waals surface area contributed by atoms with Crippen molar-refractivity contribution < 1.29 is 4.39 Å². The van der Waals surface area contributed by atoms with Crippen molar-refractivity contribution in [2.24, 2.45) is 0 Å². The van der Waals surface area contributed by atoms with E-state index in [0.717, 1.165) is 0 Å². The molecule has 0 aromatic heterocycles. The second-order valence-electron chi connectivity index (χ2n) is 2.72. The summed E-state index contributed by atoms with van der Waals surface area (Å²) in [6.45, 7) is 5.49. The molecule has 1 radical (unpaired) electrons. The molecule has 0 saturated carbocycles. The van der Waals surface area contributed by atoms with Gasteiger partial charge < -0.3 is 0 Å². The van der Waals surface area contributed by atoms with Crippen molar-refractivity contribution in [2.75, 3.05) is 0 Å². The van der Waals surface area contributed by atoms with Gasteiger partial charge in [0.1, 0.15) is 11.9 Å². The lowest BCUT2D eigenvalue weighted by molar-refractivity contribution is 0.601. The smallest absolute Gasteiger partial charge is 0.144 e. The van der Waals surface area contributed by atoms with Gasteiger partial charge in [0.15, 0.2) is 0 Å². The third kappa shape index (κ3) is 1.45. The van der Waals surface area contributed by atoms with Crippen molar-refractivity contribution in [1.29, 1.82) is 5.26 Å². The van der Waals surface area contributed by atoms with Crippen LogP contribution in [0.25, 0.3) is 0 Å². The highest BCUT2D eigenvalue weighted by molar-refractivity contribution is 5.36. The number of hydrogen-bond donors (Lipinski definition) is 0. The van der Waals surface area contributed by atoms with Crippen LogP contribution in [-0.2, 0) is 0 Å². The minimum atomic E-state index is -0.442. The second kappa shape index (κ2) is 3.36. The van der Waals surface area contributed by atoms with E-state index < -0.39 is 5.82 Å². The van der Waals surface area contributed by atoms with Gasteiger partial charge in [0.05, 0.1) is 5.56 Å². The molecule has 0 fully saturated rings. The monoisotopic (exact) mass is 162 g/mol. The predicted octanol–water partition coefficient (Wildman–Crippen LogP) is 2.63. The Bertz CT molecular complexity index is 323. The van der Waals surface area contributed by atoms with Gasteiger partial charge in [-0.3, -0.25) is 0 Å². The van der Waals surface area contributed by atoms with E-state index in [-0.39, 0.29) is 11.5 Å². The Morgan fingerprint density at radius 3 is 2.75 bits per heavy atom.